The molecular weight excluding hydrogens is 949 g/mol. The highest BCUT2D eigenvalue weighted by molar-refractivity contribution is 5.71. The molecule has 0 saturated heterocycles. The van der Waals surface area contributed by atoms with E-state index >= 15 is 0 Å². The predicted octanol–water partition coefficient (Wildman–Crippen LogP) is 22.9. The van der Waals surface area contributed by atoms with Gasteiger partial charge in [-0.25, -0.2) is 0 Å². The van der Waals surface area contributed by atoms with E-state index in [1.54, 1.807) is 0 Å². The van der Waals surface area contributed by atoms with E-state index in [0.29, 0.717) is 19.3 Å². The minimum absolute atomic E-state index is 0.104. The summed E-state index contributed by atoms with van der Waals surface area (Å²) in [6, 6.07) is 0. The van der Waals surface area contributed by atoms with Crippen molar-refractivity contribution in [1.29, 1.82) is 0 Å². The first kappa shape index (κ1) is 73.8. The highest BCUT2D eigenvalue weighted by Gasteiger charge is 2.19. The number of carbonyl (C=O) groups is 3. The molecule has 0 heterocycles. The van der Waals surface area contributed by atoms with Crippen LogP contribution in [0.2, 0.25) is 0 Å². The Kier molecular flexibility index (Phi) is 62.7. The lowest BCUT2D eigenvalue weighted by molar-refractivity contribution is -0.166. The molecule has 0 rings (SSSR count). The normalized spacial score (nSPS) is 12.5. The van der Waals surface area contributed by atoms with Crippen LogP contribution in [-0.4, -0.2) is 37.2 Å². The van der Waals surface area contributed by atoms with E-state index in [9.17, 15) is 14.4 Å². The van der Waals surface area contributed by atoms with Gasteiger partial charge in [-0.1, -0.05) is 306 Å². The number of carbonyl (C=O) groups excluding carboxylic acids is 3. The van der Waals surface area contributed by atoms with Crippen molar-refractivity contribution in [2.75, 3.05) is 13.2 Å². The SMILES string of the molecule is CC/C=C\C/C=C\C/C=C\C/C=C\CCC(=O)OC(COC(=O)CCCCCCC/C=C\CCCC)COC(=O)CCCCCCCCCCCCCCCCCCCCCCCCC/C=C\CCCCCCCCCC. The maximum atomic E-state index is 12.8. The number of allylic oxidation sites excluding steroid dienone is 12. The van der Waals surface area contributed by atoms with E-state index in [1.807, 2.05) is 6.08 Å². The number of hydrogen-bond donors (Lipinski definition) is 0. The van der Waals surface area contributed by atoms with Gasteiger partial charge in [-0.2, -0.15) is 0 Å². The number of esters is 3. The van der Waals surface area contributed by atoms with Crippen LogP contribution < -0.4 is 0 Å². The van der Waals surface area contributed by atoms with Gasteiger partial charge >= 0.3 is 17.9 Å². The molecule has 0 bridgehead atoms. The molecule has 6 nitrogen and oxygen atoms in total. The van der Waals surface area contributed by atoms with Gasteiger partial charge < -0.3 is 14.2 Å². The summed E-state index contributed by atoms with van der Waals surface area (Å²) in [5, 5.41) is 0. The van der Waals surface area contributed by atoms with E-state index < -0.39 is 6.10 Å². The molecule has 0 fully saturated rings. The van der Waals surface area contributed by atoms with Crippen molar-refractivity contribution in [3.8, 4) is 0 Å². The summed E-state index contributed by atoms with van der Waals surface area (Å²) in [6.45, 7) is 6.44. The lowest BCUT2D eigenvalue weighted by Crippen LogP contribution is -2.30. The second-order valence-electron chi connectivity index (χ2n) is 22.3. The Balaban J connectivity index is 4.03. The van der Waals surface area contributed by atoms with Crippen molar-refractivity contribution in [3.63, 3.8) is 0 Å². The first-order valence-corrected chi connectivity index (χ1v) is 33.4. The maximum absolute atomic E-state index is 12.8. The minimum Gasteiger partial charge on any atom is -0.462 e. The van der Waals surface area contributed by atoms with Gasteiger partial charge in [0.2, 0.25) is 0 Å². The molecule has 0 aromatic rings. The highest BCUT2D eigenvalue weighted by Crippen LogP contribution is 2.18. The van der Waals surface area contributed by atoms with Crippen LogP contribution in [0.3, 0.4) is 0 Å². The average molecular weight is 1080 g/mol. The van der Waals surface area contributed by atoms with Gasteiger partial charge in [-0.05, 0) is 89.9 Å². The van der Waals surface area contributed by atoms with E-state index in [-0.39, 0.29) is 37.5 Å². The van der Waals surface area contributed by atoms with Crippen molar-refractivity contribution in [1.82, 2.24) is 0 Å². The third-order valence-corrected chi connectivity index (χ3v) is 14.7. The van der Waals surface area contributed by atoms with Crippen LogP contribution in [0.25, 0.3) is 0 Å². The van der Waals surface area contributed by atoms with Gasteiger partial charge in [0.05, 0.1) is 0 Å². The van der Waals surface area contributed by atoms with Crippen LogP contribution in [0, 0.1) is 0 Å². The molecule has 0 radical (unpaired) electrons. The Morgan fingerprint density at radius 2 is 0.545 bits per heavy atom. The molecule has 0 saturated carbocycles. The first-order valence-electron chi connectivity index (χ1n) is 33.4. The van der Waals surface area contributed by atoms with E-state index in [1.165, 1.54) is 218 Å². The molecule has 446 valence electrons. The Morgan fingerprint density at radius 1 is 0.273 bits per heavy atom. The standard InChI is InChI=1S/C71H126O6/c1-4-7-10-13-16-19-22-24-25-26-27-28-29-30-31-32-33-34-35-36-37-38-39-40-41-42-43-44-45-47-49-52-55-58-61-64-70(73)76-67-68(66-75-69(72)63-60-57-54-51-48-21-18-15-12-9-6-3)77-71(74)65-62-59-56-53-50-46-23-20-17-14-11-8-5-2/h8,11,15,17-18,20,26-27,46,50,56,59,68H,4-7,9-10,12-14,16,19,21-25,28-45,47-49,51-55,57-58,60-67H2,1-3H3/b11-8-,18-15-,20-17-,27-26-,50-46-,59-56-. The molecule has 0 spiro atoms. The fourth-order valence-electron chi connectivity index (χ4n) is 9.67. The average Bonchev–Trinajstić information content (AvgIpc) is 3.43. The van der Waals surface area contributed by atoms with Crippen molar-refractivity contribution in [2.45, 2.75) is 348 Å². The third-order valence-electron chi connectivity index (χ3n) is 14.7. The monoisotopic (exact) mass is 1070 g/mol. The molecular formula is C71H126O6. The van der Waals surface area contributed by atoms with Crippen LogP contribution >= 0.6 is 0 Å². The molecule has 6 heteroatoms. The summed E-state index contributed by atoms with van der Waals surface area (Å²) in [4.78, 5) is 38.1. The molecule has 0 aliphatic rings. The van der Waals surface area contributed by atoms with Crippen LogP contribution in [0.5, 0.6) is 0 Å². The third kappa shape index (κ3) is 63.6. The smallest absolute Gasteiger partial charge is 0.306 e. The van der Waals surface area contributed by atoms with Crippen LogP contribution in [0.4, 0.5) is 0 Å². The molecule has 77 heavy (non-hydrogen) atoms. The Hall–Kier alpha value is -3.15. The Labute approximate surface area is 478 Å². The van der Waals surface area contributed by atoms with Gasteiger partial charge in [0, 0.05) is 19.3 Å². The lowest BCUT2D eigenvalue weighted by Gasteiger charge is -2.18. The maximum Gasteiger partial charge on any atom is 0.306 e. The summed E-state index contributed by atoms with van der Waals surface area (Å²) >= 11 is 0. The second-order valence-corrected chi connectivity index (χ2v) is 22.3. The number of unbranched alkanes of at least 4 members (excludes halogenated alkanes) is 38. The lowest BCUT2D eigenvalue weighted by atomic mass is 10.0. The fraction of sp³-hybridized carbons (Fsp3) is 0.789. The van der Waals surface area contributed by atoms with E-state index in [0.717, 1.165) is 77.0 Å². The highest BCUT2D eigenvalue weighted by atomic mass is 16.6. The zero-order valence-electron chi connectivity index (χ0n) is 51.2. The molecule has 1 atom stereocenters. The van der Waals surface area contributed by atoms with Gasteiger partial charge in [-0.15, -0.1) is 0 Å². The molecule has 0 N–H and O–H groups in total. The minimum atomic E-state index is -0.815. The second kappa shape index (κ2) is 65.4. The fourth-order valence-corrected chi connectivity index (χ4v) is 9.67. The number of ether oxygens (including phenoxy) is 3. The molecule has 0 aliphatic heterocycles. The molecule has 0 amide bonds. The zero-order chi connectivity index (χ0) is 55.7. The van der Waals surface area contributed by atoms with Gasteiger partial charge in [0.15, 0.2) is 6.10 Å². The predicted molar refractivity (Wildman–Crippen MR) is 335 cm³/mol. The van der Waals surface area contributed by atoms with Crippen LogP contribution in [0.15, 0.2) is 72.9 Å². The zero-order valence-corrected chi connectivity index (χ0v) is 51.2. The molecule has 1 unspecified atom stereocenters. The summed E-state index contributed by atoms with van der Waals surface area (Å²) in [5.74, 6) is -0.986. The molecule has 0 aliphatic carbocycles. The Bertz CT molecular complexity index is 1420. The summed E-state index contributed by atoms with van der Waals surface area (Å²) in [7, 11) is 0. The van der Waals surface area contributed by atoms with E-state index in [2.05, 4.69) is 87.6 Å². The molecule has 0 aromatic carbocycles. The van der Waals surface area contributed by atoms with Crippen molar-refractivity contribution < 1.29 is 28.6 Å². The van der Waals surface area contributed by atoms with Crippen LogP contribution in [-0.2, 0) is 28.6 Å². The first-order chi connectivity index (χ1) is 38.0. The summed E-state index contributed by atoms with van der Waals surface area (Å²) in [5.41, 5.74) is 0. The van der Waals surface area contributed by atoms with Crippen molar-refractivity contribution in [3.05, 3.63) is 72.9 Å². The summed E-state index contributed by atoms with van der Waals surface area (Å²) < 4.78 is 16.8. The number of rotatable bonds is 61. The Morgan fingerprint density at radius 3 is 0.883 bits per heavy atom. The van der Waals surface area contributed by atoms with Crippen LogP contribution in [0.1, 0.15) is 342 Å². The summed E-state index contributed by atoms with van der Waals surface area (Å²) in [6.07, 6.45) is 85.5. The van der Waals surface area contributed by atoms with Crippen molar-refractivity contribution in [2.24, 2.45) is 0 Å². The topological polar surface area (TPSA) is 78.9 Å². The molecule has 0 aromatic heterocycles. The van der Waals surface area contributed by atoms with Gasteiger partial charge in [0.25, 0.3) is 0 Å². The van der Waals surface area contributed by atoms with E-state index in [4.69, 9.17) is 14.2 Å². The largest absolute Gasteiger partial charge is 0.462 e. The van der Waals surface area contributed by atoms with Gasteiger partial charge in [0.1, 0.15) is 13.2 Å². The van der Waals surface area contributed by atoms with Crippen molar-refractivity contribution >= 4 is 17.9 Å². The van der Waals surface area contributed by atoms with Gasteiger partial charge in [-0.3, -0.25) is 14.4 Å². The number of hydrogen-bond acceptors (Lipinski definition) is 6. The quantitative estimate of drug-likeness (QED) is 0.0261.